The molecule has 0 fully saturated rings. The number of amides is 1. The molecule has 2 aromatic carbocycles. The second-order valence-corrected chi connectivity index (χ2v) is 6.49. The first-order chi connectivity index (χ1) is 9.65. The molecule has 20 heavy (non-hydrogen) atoms. The van der Waals surface area contributed by atoms with Gasteiger partial charge in [0, 0.05) is 8.59 Å². The van der Waals surface area contributed by atoms with Crippen molar-refractivity contribution in [2.24, 2.45) is 0 Å². The number of nitrogens with one attached hydrogen (secondary N) is 1. The van der Waals surface area contributed by atoms with Crippen molar-refractivity contribution in [3.8, 4) is 0 Å². The number of fused-ring (bicyclic) bond motifs is 1. The van der Waals surface area contributed by atoms with E-state index in [1.54, 1.807) is 18.2 Å². The molecule has 1 amide bonds. The van der Waals surface area contributed by atoms with Crippen molar-refractivity contribution in [3.05, 3.63) is 67.7 Å². The quantitative estimate of drug-likeness (QED) is 0.750. The first-order valence-corrected chi connectivity index (χ1v) is 7.94. The van der Waals surface area contributed by atoms with E-state index in [1.165, 1.54) is 11.1 Å². The van der Waals surface area contributed by atoms with Crippen LogP contribution in [0.15, 0.2) is 42.5 Å². The maximum absolute atomic E-state index is 12.4. The van der Waals surface area contributed by atoms with Crippen molar-refractivity contribution in [1.29, 1.82) is 0 Å². The molecule has 0 aliphatic heterocycles. The molecular weight excluding hydrogens is 385 g/mol. The van der Waals surface area contributed by atoms with E-state index in [1.807, 2.05) is 12.1 Å². The van der Waals surface area contributed by atoms with Crippen LogP contribution >= 0.6 is 34.2 Å². The smallest absolute Gasteiger partial charge is 0.252 e. The van der Waals surface area contributed by atoms with Crippen LogP contribution in [0.3, 0.4) is 0 Å². The average Bonchev–Trinajstić information content (AvgIpc) is 2.82. The number of hydrogen-bond acceptors (Lipinski definition) is 1. The van der Waals surface area contributed by atoms with Gasteiger partial charge in [0.15, 0.2) is 0 Å². The van der Waals surface area contributed by atoms with Gasteiger partial charge in [0.05, 0.1) is 11.6 Å². The third-order valence-corrected chi connectivity index (χ3v) is 4.74. The van der Waals surface area contributed by atoms with E-state index in [0.717, 1.165) is 16.4 Å². The van der Waals surface area contributed by atoms with E-state index in [-0.39, 0.29) is 11.9 Å². The topological polar surface area (TPSA) is 29.1 Å². The zero-order valence-electron chi connectivity index (χ0n) is 10.7. The molecular formula is C16H13ClINO. The van der Waals surface area contributed by atoms with Gasteiger partial charge in [0.2, 0.25) is 0 Å². The molecule has 0 radical (unpaired) electrons. The molecule has 102 valence electrons. The molecule has 1 atom stereocenters. The Morgan fingerprint density at radius 1 is 1.25 bits per heavy atom. The van der Waals surface area contributed by atoms with Crippen molar-refractivity contribution < 1.29 is 4.79 Å². The monoisotopic (exact) mass is 397 g/mol. The molecule has 1 aliphatic carbocycles. The highest BCUT2D eigenvalue weighted by atomic mass is 127. The fourth-order valence-electron chi connectivity index (χ4n) is 2.62. The molecule has 2 aromatic rings. The van der Waals surface area contributed by atoms with Crippen LogP contribution < -0.4 is 5.32 Å². The summed E-state index contributed by atoms with van der Waals surface area (Å²) >= 11 is 8.06. The average molecular weight is 398 g/mol. The number of hydrogen-bond donors (Lipinski definition) is 1. The summed E-state index contributed by atoms with van der Waals surface area (Å²) in [7, 11) is 0. The molecule has 0 aromatic heterocycles. The maximum Gasteiger partial charge on any atom is 0.252 e. The van der Waals surface area contributed by atoms with Crippen LogP contribution in [-0.2, 0) is 6.42 Å². The van der Waals surface area contributed by atoms with Crippen LogP contribution in [0.4, 0.5) is 0 Å². The summed E-state index contributed by atoms with van der Waals surface area (Å²) in [6.45, 7) is 0. The summed E-state index contributed by atoms with van der Waals surface area (Å²) < 4.78 is 0.874. The van der Waals surface area contributed by atoms with E-state index in [9.17, 15) is 4.79 Å². The number of rotatable bonds is 2. The van der Waals surface area contributed by atoms with Gasteiger partial charge in [0.1, 0.15) is 0 Å². The molecule has 0 saturated heterocycles. The summed E-state index contributed by atoms with van der Waals surface area (Å²) in [6, 6.07) is 13.8. The Labute approximate surface area is 136 Å². The van der Waals surface area contributed by atoms with Crippen LogP contribution in [0.5, 0.6) is 0 Å². The lowest BCUT2D eigenvalue weighted by Gasteiger charge is -2.15. The third-order valence-electron chi connectivity index (χ3n) is 3.61. The molecule has 1 N–H and O–H groups in total. The highest BCUT2D eigenvalue weighted by Gasteiger charge is 2.24. The van der Waals surface area contributed by atoms with Gasteiger partial charge in [0.25, 0.3) is 5.91 Å². The number of carbonyl (C=O) groups is 1. The Morgan fingerprint density at radius 3 is 2.85 bits per heavy atom. The molecule has 4 heteroatoms. The van der Waals surface area contributed by atoms with Crippen LogP contribution in [0.1, 0.15) is 33.9 Å². The van der Waals surface area contributed by atoms with Crippen molar-refractivity contribution >= 4 is 40.1 Å². The van der Waals surface area contributed by atoms with Crippen LogP contribution in [0.25, 0.3) is 0 Å². The summed E-state index contributed by atoms with van der Waals surface area (Å²) in [5, 5.41) is 3.77. The van der Waals surface area contributed by atoms with Gasteiger partial charge in [-0.3, -0.25) is 4.79 Å². The first kappa shape index (κ1) is 13.9. The Kier molecular flexibility index (Phi) is 3.98. The lowest BCUT2D eigenvalue weighted by Crippen LogP contribution is -2.27. The van der Waals surface area contributed by atoms with E-state index in [0.29, 0.717) is 10.6 Å². The SMILES string of the molecule is O=C(NC1CCc2ccccc21)c1ccc(Cl)cc1I. The minimum atomic E-state index is -0.0345. The molecule has 1 aliphatic rings. The van der Waals surface area contributed by atoms with Gasteiger partial charge >= 0.3 is 0 Å². The first-order valence-electron chi connectivity index (χ1n) is 6.49. The second-order valence-electron chi connectivity index (χ2n) is 4.89. The molecule has 0 spiro atoms. The molecule has 2 nitrogen and oxygen atoms in total. The van der Waals surface area contributed by atoms with Crippen LogP contribution in [0.2, 0.25) is 5.02 Å². The Balaban J connectivity index is 1.81. The van der Waals surface area contributed by atoms with Gasteiger partial charge < -0.3 is 5.32 Å². The Bertz CT molecular complexity index is 671. The summed E-state index contributed by atoms with van der Waals surface area (Å²) in [6.07, 6.45) is 1.99. The molecule has 0 saturated carbocycles. The van der Waals surface area contributed by atoms with Crippen molar-refractivity contribution in [2.45, 2.75) is 18.9 Å². The Hall–Kier alpha value is -1.07. The van der Waals surface area contributed by atoms with Crippen LogP contribution in [-0.4, -0.2) is 5.91 Å². The van der Waals surface area contributed by atoms with Gasteiger partial charge in [-0.1, -0.05) is 35.9 Å². The Morgan fingerprint density at radius 2 is 2.05 bits per heavy atom. The lowest BCUT2D eigenvalue weighted by molar-refractivity contribution is 0.0936. The minimum absolute atomic E-state index is 0.0345. The predicted octanol–water partition coefficient (Wildman–Crippen LogP) is 4.36. The third kappa shape index (κ3) is 2.69. The fourth-order valence-corrected chi connectivity index (χ4v) is 3.73. The van der Waals surface area contributed by atoms with Gasteiger partial charge in [-0.25, -0.2) is 0 Å². The minimum Gasteiger partial charge on any atom is -0.345 e. The van der Waals surface area contributed by atoms with E-state index in [2.05, 4.69) is 40.0 Å². The number of carbonyl (C=O) groups excluding carboxylic acids is 1. The molecule has 0 heterocycles. The number of benzene rings is 2. The normalized spacial score (nSPS) is 16.8. The molecule has 0 bridgehead atoms. The van der Waals surface area contributed by atoms with Crippen molar-refractivity contribution in [1.82, 2.24) is 5.32 Å². The van der Waals surface area contributed by atoms with Gasteiger partial charge in [-0.15, -0.1) is 0 Å². The standard InChI is InChI=1S/C16H13ClINO/c17-11-6-7-13(14(18)9-11)16(20)19-15-8-5-10-3-1-2-4-12(10)15/h1-4,6-7,9,15H,5,8H2,(H,19,20). The van der Waals surface area contributed by atoms with Gasteiger partial charge in [-0.05, 0) is 64.8 Å². The number of aryl methyl sites for hydroxylation is 1. The largest absolute Gasteiger partial charge is 0.345 e. The summed E-state index contributed by atoms with van der Waals surface area (Å²) in [4.78, 5) is 12.4. The van der Waals surface area contributed by atoms with Crippen molar-refractivity contribution in [3.63, 3.8) is 0 Å². The fraction of sp³-hybridized carbons (Fsp3) is 0.188. The lowest BCUT2D eigenvalue weighted by atomic mass is 10.1. The zero-order valence-corrected chi connectivity index (χ0v) is 13.6. The summed E-state index contributed by atoms with van der Waals surface area (Å²) in [5.74, 6) is -0.0345. The zero-order chi connectivity index (χ0) is 14.1. The van der Waals surface area contributed by atoms with Crippen molar-refractivity contribution in [2.75, 3.05) is 0 Å². The molecule has 3 rings (SSSR count). The maximum atomic E-state index is 12.4. The highest BCUT2D eigenvalue weighted by molar-refractivity contribution is 14.1. The van der Waals surface area contributed by atoms with E-state index >= 15 is 0 Å². The van der Waals surface area contributed by atoms with E-state index < -0.39 is 0 Å². The predicted molar refractivity (Wildman–Crippen MR) is 89.1 cm³/mol. The van der Waals surface area contributed by atoms with Gasteiger partial charge in [-0.2, -0.15) is 0 Å². The molecule has 1 unspecified atom stereocenters. The van der Waals surface area contributed by atoms with Crippen LogP contribution in [0, 0.1) is 3.57 Å². The second kappa shape index (κ2) is 5.74. The summed E-state index contributed by atoms with van der Waals surface area (Å²) in [5.41, 5.74) is 3.26. The highest BCUT2D eigenvalue weighted by Crippen LogP contribution is 2.31. The van der Waals surface area contributed by atoms with E-state index in [4.69, 9.17) is 11.6 Å². The number of halogens is 2.